The fourth-order valence-electron chi connectivity index (χ4n) is 4.54. The first-order valence-electron chi connectivity index (χ1n) is 9.90. The number of amides is 2. The van der Waals surface area contributed by atoms with Gasteiger partial charge in [0.05, 0.1) is 12.6 Å². The molecule has 3 rings (SSSR count). The number of ether oxygens (including phenoxy) is 1. The molecule has 1 saturated carbocycles. The second-order valence-corrected chi connectivity index (χ2v) is 8.15. The van der Waals surface area contributed by atoms with Crippen molar-refractivity contribution in [1.29, 1.82) is 0 Å². The monoisotopic (exact) mass is 352 g/mol. The minimum absolute atomic E-state index is 0.0599. The Labute approximate surface area is 150 Å². The number of piperidine rings is 1. The van der Waals surface area contributed by atoms with Crippen LogP contribution >= 0.6 is 0 Å². The van der Waals surface area contributed by atoms with Crippen LogP contribution < -0.4 is 0 Å². The Morgan fingerprint density at radius 2 is 1.92 bits per heavy atom. The molecule has 0 aromatic carbocycles. The standard InChI is InChI=1S/C19H32N2O4/c1-3-4-14(2)21-13-19(25-18(21)24)9-11-20(12-10-19)17(23)15-5-7-16(22)8-6-15/h14-16,22H,3-13H2,1-2H3/t14-,15?,16?/m1/s1. The fourth-order valence-corrected chi connectivity index (χ4v) is 4.54. The molecule has 3 fully saturated rings. The van der Waals surface area contributed by atoms with Crippen molar-refractivity contribution < 1.29 is 19.4 Å². The maximum absolute atomic E-state index is 12.7. The second-order valence-electron chi connectivity index (χ2n) is 8.15. The van der Waals surface area contributed by atoms with Crippen molar-refractivity contribution in [2.75, 3.05) is 19.6 Å². The summed E-state index contributed by atoms with van der Waals surface area (Å²) in [5.74, 6) is 0.284. The average molecular weight is 352 g/mol. The summed E-state index contributed by atoms with van der Waals surface area (Å²) in [5, 5.41) is 9.61. The Morgan fingerprint density at radius 1 is 1.28 bits per heavy atom. The molecule has 1 N–H and O–H groups in total. The highest BCUT2D eigenvalue weighted by atomic mass is 16.6. The van der Waals surface area contributed by atoms with E-state index in [1.165, 1.54) is 0 Å². The summed E-state index contributed by atoms with van der Waals surface area (Å²) in [4.78, 5) is 28.8. The first-order chi connectivity index (χ1) is 11.9. The molecule has 6 nitrogen and oxygen atoms in total. The predicted octanol–water partition coefficient (Wildman–Crippen LogP) is 2.54. The van der Waals surface area contributed by atoms with Gasteiger partial charge in [-0.05, 0) is 39.0 Å². The molecule has 25 heavy (non-hydrogen) atoms. The van der Waals surface area contributed by atoms with Crippen LogP contribution in [0, 0.1) is 5.92 Å². The van der Waals surface area contributed by atoms with E-state index in [0.29, 0.717) is 19.6 Å². The third-order valence-electron chi connectivity index (χ3n) is 6.27. The SMILES string of the molecule is CCC[C@@H](C)N1CC2(CCN(C(=O)C3CCC(O)CC3)CC2)OC1=O. The lowest BCUT2D eigenvalue weighted by atomic mass is 9.85. The fraction of sp³-hybridized carbons (Fsp3) is 0.895. The zero-order chi connectivity index (χ0) is 18.0. The van der Waals surface area contributed by atoms with E-state index < -0.39 is 5.60 Å². The summed E-state index contributed by atoms with van der Waals surface area (Å²) in [7, 11) is 0. The zero-order valence-electron chi connectivity index (χ0n) is 15.6. The van der Waals surface area contributed by atoms with E-state index in [4.69, 9.17) is 4.74 Å². The molecule has 2 heterocycles. The summed E-state index contributed by atoms with van der Waals surface area (Å²) >= 11 is 0. The van der Waals surface area contributed by atoms with E-state index >= 15 is 0 Å². The molecule has 1 atom stereocenters. The molecule has 2 saturated heterocycles. The third-order valence-corrected chi connectivity index (χ3v) is 6.27. The quantitative estimate of drug-likeness (QED) is 0.844. The Balaban J connectivity index is 1.53. The molecule has 1 spiro atoms. The number of aliphatic hydroxyl groups excluding tert-OH is 1. The summed E-state index contributed by atoms with van der Waals surface area (Å²) in [5.41, 5.74) is -0.404. The molecular formula is C19H32N2O4. The number of hydrogen-bond donors (Lipinski definition) is 1. The van der Waals surface area contributed by atoms with Gasteiger partial charge >= 0.3 is 6.09 Å². The van der Waals surface area contributed by atoms with Gasteiger partial charge in [-0.1, -0.05) is 13.3 Å². The molecule has 0 unspecified atom stereocenters. The summed E-state index contributed by atoms with van der Waals surface area (Å²) < 4.78 is 5.77. The van der Waals surface area contributed by atoms with Crippen LogP contribution in [-0.4, -0.2) is 64.3 Å². The van der Waals surface area contributed by atoms with Crippen LogP contribution in [0.15, 0.2) is 0 Å². The Kier molecular flexibility index (Phi) is 5.56. The minimum Gasteiger partial charge on any atom is -0.441 e. The highest BCUT2D eigenvalue weighted by Gasteiger charge is 2.48. The normalized spacial score (nSPS) is 30.4. The van der Waals surface area contributed by atoms with Crippen molar-refractivity contribution in [3.63, 3.8) is 0 Å². The van der Waals surface area contributed by atoms with E-state index in [9.17, 15) is 14.7 Å². The minimum atomic E-state index is -0.404. The van der Waals surface area contributed by atoms with Crippen molar-refractivity contribution in [2.45, 2.75) is 83.0 Å². The summed E-state index contributed by atoms with van der Waals surface area (Å²) in [6, 6.07) is 0.213. The maximum atomic E-state index is 12.7. The van der Waals surface area contributed by atoms with Gasteiger partial charge in [-0.15, -0.1) is 0 Å². The zero-order valence-corrected chi connectivity index (χ0v) is 15.6. The van der Waals surface area contributed by atoms with Crippen LogP contribution in [0.25, 0.3) is 0 Å². The number of likely N-dealkylation sites (tertiary alicyclic amines) is 1. The molecule has 1 aliphatic carbocycles. The highest BCUT2D eigenvalue weighted by Crippen LogP contribution is 2.36. The van der Waals surface area contributed by atoms with Gasteiger partial charge in [0.25, 0.3) is 0 Å². The van der Waals surface area contributed by atoms with E-state index in [1.54, 1.807) is 0 Å². The molecule has 2 amide bonds. The Bertz CT molecular complexity index is 494. The van der Waals surface area contributed by atoms with Crippen molar-refractivity contribution >= 4 is 12.0 Å². The summed E-state index contributed by atoms with van der Waals surface area (Å²) in [6.07, 6.45) is 6.12. The van der Waals surface area contributed by atoms with Gasteiger partial charge in [0.2, 0.25) is 5.91 Å². The van der Waals surface area contributed by atoms with Crippen LogP contribution in [0.3, 0.4) is 0 Å². The number of rotatable bonds is 4. The lowest BCUT2D eigenvalue weighted by molar-refractivity contribution is -0.140. The Morgan fingerprint density at radius 3 is 2.52 bits per heavy atom. The molecule has 0 radical (unpaired) electrons. The highest BCUT2D eigenvalue weighted by molar-refractivity contribution is 5.79. The smallest absolute Gasteiger partial charge is 0.410 e. The predicted molar refractivity (Wildman–Crippen MR) is 94.1 cm³/mol. The molecule has 0 aromatic heterocycles. The van der Waals surface area contributed by atoms with E-state index in [-0.39, 0.29) is 30.1 Å². The van der Waals surface area contributed by atoms with Gasteiger partial charge in [0, 0.05) is 37.9 Å². The molecular weight excluding hydrogens is 320 g/mol. The van der Waals surface area contributed by atoms with Crippen molar-refractivity contribution in [3.8, 4) is 0 Å². The molecule has 3 aliphatic rings. The third kappa shape index (κ3) is 3.94. The topological polar surface area (TPSA) is 70.1 Å². The number of nitrogens with zero attached hydrogens (tertiary/aromatic N) is 2. The number of carbonyl (C=O) groups excluding carboxylic acids is 2. The van der Waals surface area contributed by atoms with Crippen molar-refractivity contribution in [1.82, 2.24) is 9.80 Å². The van der Waals surface area contributed by atoms with Crippen LogP contribution in [0.5, 0.6) is 0 Å². The van der Waals surface area contributed by atoms with Gasteiger partial charge in [-0.3, -0.25) is 4.79 Å². The van der Waals surface area contributed by atoms with E-state index in [0.717, 1.165) is 51.4 Å². The Hall–Kier alpha value is -1.30. The molecule has 6 heteroatoms. The number of hydrogen-bond acceptors (Lipinski definition) is 4. The van der Waals surface area contributed by atoms with Crippen LogP contribution in [0.1, 0.15) is 65.2 Å². The van der Waals surface area contributed by atoms with Gasteiger partial charge in [-0.2, -0.15) is 0 Å². The van der Waals surface area contributed by atoms with Crippen LogP contribution in [-0.2, 0) is 9.53 Å². The first kappa shape index (κ1) is 18.5. The average Bonchev–Trinajstić information content (AvgIpc) is 2.92. The summed E-state index contributed by atoms with van der Waals surface area (Å²) in [6.45, 7) is 6.20. The van der Waals surface area contributed by atoms with Gasteiger partial charge in [-0.25, -0.2) is 4.79 Å². The first-order valence-corrected chi connectivity index (χ1v) is 9.90. The molecule has 142 valence electrons. The number of aliphatic hydroxyl groups is 1. The number of carbonyl (C=O) groups is 2. The van der Waals surface area contributed by atoms with Gasteiger partial charge in [0.15, 0.2) is 0 Å². The lowest BCUT2D eigenvalue weighted by Gasteiger charge is -2.39. The van der Waals surface area contributed by atoms with Crippen molar-refractivity contribution in [2.24, 2.45) is 5.92 Å². The van der Waals surface area contributed by atoms with E-state index in [2.05, 4.69) is 13.8 Å². The largest absolute Gasteiger partial charge is 0.441 e. The molecule has 0 bridgehead atoms. The van der Waals surface area contributed by atoms with Crippen molar-refractivity contribution in [3.05, 3.63) is 0 Å². The van der Waals surface area contributed by atoms with Crippen LogP contribution in [0.2, 0.25) is 0 Å². The van der Waals surface area contributed by atoms with Crippen LogP contribution in [0.4, 0.5) is 4.79 Å². The molecule has 0 aromatic rings. The molecule has 2 aliphatic heterocycles. The second kappa shape index (κ2) is 7.52. The van der Waals surface area contributed by atoms with Gasteiger partial charge in [0.1, 0.15) is 5.60 Å². The lowest BCUT2D eigenvalue weighted by Crippen LogP contribution is -2.50. The van der Waals surface area contributed by atoms with Gasteiger partial charge < -0.3 is 19.6 Å². The maximum Gasteiger partial charge on any atom is 0.410 e. The van der Waals surface area contributed by atoms with E-state index in [1.807, 2.05) is 9.80 Å².